The number of fused-ring (bicyclic) bond motifs is 4. The summed E-state index contributed by atoms with van der Waals surface area (Å²) in [7, 11) is 0. The van der Waals surface area contributed by atoms with Crippen LogP contribution in [0.5, 0.6) is 0 Å². The van der Waals surface area contributed by atoms with E-state index in [1.165, 1.54) is 24.2 Å². The first-order chi connectivity index (χ1) is 15.6. The summed E-state index contributed by atoms with van der Waals surface area (Å²) in [6.45, 7) is 1.97. The maximum absolute atomic E-state index is 12.7. The Morgan fingerprint density at radius 3 is 2.48 bits per heavy atom. The number of carbonyl (C=O) groups is 2. The number of carboxylic acids is 1. The van der Waals surface area contributed by atoms with Crippen LogP contribution in [-0.2, 0) is 4.79 Å². The minimum absolute atomic E-state index is 0.211. The number of hydrogen-bond donors (Lipinski definition) is 3. The predicted octanol–water partition coefficient (Wildman–Crippen LogP) is 3.88. The average molecular weight is 502 g/mol. The third-order valence-corrected chi connectivity index (χ3v) is 6.66. The van der Waals surface area contributed by atoms with E-state index in [4.69, 9.17) is 26.6 Å². The number of alkyl halides is 3. The normalized spacial score (nSPS) is 19.8. The molecule has 3 aromatic heterocycles. The number of rotatable bonds is 3. The first-order valence-electron chi connectivity index (χ1n) is 9.95. The number of aliphatic carboxylic acids is 1. The molecular weight excluding hydrogens is 483 g/mol. The minimum atomic E-state index is -5.08. The lowest BCUT2D eigenvalue weighted by Gasteiger charge is -2.46. The van der Waals surface area contributed by atoms with Gasteiger partial charge in [0.05, 0.1) is 16.2 Å². The van der Waals surface area contributed by atoms with Crippen LogP contribution in [0.3, 0.4) is 0 Å². The van der Waals surface area contributed by atoms with Crippen LogP contribution in [0.25, 0.3) is 5.52 Å². The number of nitrogens with zero attached hydrogens (tertiary/aromatic N) is 3. The smallest absolute Gasteiger partial charge is 0.475 e. The summed E-state index contributed by atoms with van der Waals surface area (Å²) >= 11 is 7.54. The van der Waals surface area contributed by atoms with Crippen LogP contribution in [0.1, 0.15) is 23.3 Å². The van der Waals surface area contributed by atoms with Crippen molar-refractivity contribution in [2.45, 2.75) is 31.1 Å². The van der Waals surface area contributed by atoms with Crippen molar-refractivity contribution >= 4 is 51.8 Å². The van der Waals surface area contributed by atoms with E-state index >= 15 is 0 Å². The zero-order valence-corrected chi connectivity index (χ0v) is 18.5. The molecule has 6 rings (SSSR count). The van der Waals surface area contributed by atoms with Gasteiger partial charge in [-0.15, -0.1) is 16.4 Å². The van der Waals surface area contributed by atoms with Gasteiger partial charge >= 0.3 is 12.1 Å². The van der Waals surface area contributed by atoms with E-state index < -0.39 is 12.1 Å². The Morgan fingerprint density at radius 1 is 1.21 bits per heavy atom. The number of piperazine rings is 1. The molecule has 3 N–H and O–H groups in total. The fourth-order valence-corrected chi connectivity index (χ4v) is 4.81. The van der Waals surface area contributed by atoms with Crippen molar-refractivity contribution in [1.82, 2.24) is 14.9 Å². The molecule has 33 heavy (non-hydrogen) atoms. The quantitative estimate of drug-likeness (QED) is 0.504. The molecule has 0 spiro atoms. The zero-order chi connectivity index (χ0) is 23.8. The second kappa shape index (κ2) is 9.20. The van der Waals surface area contributed by atoms with Crippen LogP contribution in [0.2, 0.25) is 5.02 Å². The SMILES string of the molecule is O=C(Nc1cscc1Cl)c1ccc2ccc(N3C[C@H]4CC[C@@H]3CN4)nn12.O=C(O)C(F)(F)F. The van der Waals surface area contributed by atoms with Gasteiger partial charge in [-0.2, -0.15) is 13.2 Å². The highest BCUT2D eigenvalue weighted by molar-refractivity contribution is 7.09. The first kappa shape index (κ1) is 23.3. The Kier molecular flexibility index (Phi) is 6.50. The summed E-state index contributed by atoms with van der Waals surface area (Å²) in [4.78, 5) is 24.0. The molecule has 3 aromatic rings. The molecule has 13 heteroatoms. The van der Waals surface area contributed by atoms with Gasteiger partial charge in [0.2, 0.25) is 0 Å². The molecule has 3 saturated heterocycles. The molecule has 8 nitrogen and oxygen atoms in total. The largest absolute Gasteiger partial charge is 0.490 e. The molecular formula is C20H19ClF3N5O3S. The monoisotopic (exact) mass is 501 g/mol. The molecule has 0 aromatic carbocycles. The Morgan fingerprint density at radius 2 is 1.94 bits per heavy atom. The molecule has 3 aliphatic heterocycles. The van der Waals surface area contributed by atoms with Gasteiger partial charge in [0, 0.05) is 35.9 Å². The molecule has 3 aliphatic rings. The number of aromatic nitrogens is 2. The van der Waals surface area contributed by atoms with E-state index in [0.717, 1.165) is 24.4 Å². The van der Waals surface area contributed by atoms with Crippen molar-refractivity contribution in [3.05, 3.63) is 45.7 Å². The highest BCUT2D eigenvalue weighted by Crippen LogP contribution is 2.28. The number of halogens is 4. The van der Waals surface area contributed by atoms with Crippen molar-refractivity contribution in [2.24, 2.45) is 0 Å². The fraction of sp³-hybridized carbons (Fsp3) is 0.350. The number of nitrogens with one attached hydrogen (secondary N) is 2. The summed E-state index contributed by atoms with van der Waals surface area (Å²) in [5, 5.41) is 22.5. The summed E-state index contributed by atoms with van der Waals surface area (Å²) in [5.41, 5.74) is 2.03. The molecule has 0 aliphatic carbocycles. The van der Waals surface area contributed by atoms with Crippen LogP contribution in [-0.4, -0.2) is 57.9 Å². The topological polar surface area (TPSA) is 99.0 Å². The number of piperidine rings is 2. The molecule has 1 amide bonds. The third-order valence-electron chi connectivity index (χ3n) is 5.47. The average Bonchev–Trinajstić information content (AvgIpc) is 3.40. The summed E-state index contributed by atoms with van der Waals surface area (Å²) in [5.74, 6) is -2.04. The fourth-order valence-electron chi connectivity index (χ4n) is 3.85. The molecule has 0 unspecified atom stereocenters. The van der Waals surface area contributed by atoms with E-state index in [-0.39, 0.29) is 5.91 Å². The highest BCUT2D eigenvalue weighted by atomic mass is 35.5. The van der Waals surface area contributed by atoms with Gasteiger partial charge in [-0.3, -0.25) is 4.79 Å². The van der Waals surface area contributed by atoms with Crippen molar-refractivity contribution in [3.8, 4) is 0 Å². The Hall–Kier alpha value is -2.83. The van der Waals surface area contributed by atoms with Crippen molar-refractivity contribution < 1.29 is 27.9 Å². The number of carbonyl (C=O) groups excluding carboxylic acids is 1. The zero-order valence-electron chi connectivity index (χ0n) is 17.0. The maximum atomic E-state index is 12.7. The molecule has 2 bridgehead atoms. The van der Waals surface area contributed by atoms with Gasteiger partial charge in [-0.25, -0.2) is 9.31 Å². The summed E-state index contributed by atoms with van der Waals surface area (Å²) in [6.07, 6.45) is -2.67. The first-order valence-corrected chi connectivity index (χ1v) is 11.3. The molecule has 6 heterocycles. The number of carboxylic acid groups (broad SMARTS) is 1. The van der Waals surface area contributed by atoms with Crippen LogP contribution >= 0.6 is 22.9 Å². The van der Waals surface area contributed by atoms with Gasteiger partial charge in [-0.1, -0.05) is 11.6 Å². The molecule has 0 saturated carbocycles. The van der Waals surface area contributed by atoms with Gasteiger partial charge in [0.15, 0.2) is 0 Å². The Bertz CT molecular complexity index is 1170. The van der Waals surface area contributed by atoms with Crippen LogP contribution in [0.15, 0.2) is 35.0 Å². The standard InChI is InChI=1S/C18H18ClN5OS.C2HF3O2/c19-14-9-26-10-15(14)21-18(25)16-5-3-12-4-6-17(22-24(12)16)23-8-11-1-2-13(23)7-20-11;3-2(4,5)1(6)7/h3-6,9-11,13,20H,1-2,7-8H2,(H,21,25);(H,6,7)/t11-,13-;/m1./s1. The van der Waals surface area contributed by atoms with Crippen LogP contribution in [0, 0.1) is 0 Å². The van der Waals surface area contributed by atoms with E-state index in [2.05, 4.69) is 15.5 Å². The van der Waals surface area contributed by atoms with E-state index in [1.807, 2.05) is 23.6 Å². The van der Waals surface area contributed by atoms with E-state index in [0.29, 0.717) is 28.5 Å². The van der Waals surface area contributed by atoms with Crippen molar-refractivity contribution in [3.63, 3.8) is 0 Å². The van der Waals surface area contributed by atoms with Gasteiger partial charge < -0.3 is 20.6 Å². The van der Waals surface area contributed by atoms with Gasteiger partial charge in [-0.05, 0) is 37.1 Å². The number of amides is 1. The van der Waals surface area contributed by atoms with E-state index in [1.54, 1.807) is 16.0 Å². The molecule has 0 radical (unpaired) electrons. The highest BCUT2D eigenvalue weighted by Gasteiger charge is 2.38. The number of thiophene rings is 1. The van der Waals surface area contributed by atoms with Gasteiger partial charge in [0.1, 0.15) is 11.5 Å². The lowest BCUT2D eigenvalue weighted by Crippen LogP contribution is -2.61. The van der Waals surface area contributed by atoms with E-state index in [9.17, 15) is 18.0 Å². The molecule has 2 atom stereocenters. The van der Waals surface area contributed by atoms with Crippen LogP contribution in [0.4, 0.5) is 24.7 Å². The maximum Gasteiger partial charge on any atom is 0.490 e. The van der Waals surface area contributed by atoms with Crippen LogP contribution < -0.4 is 15.5 Å². The lowest BCUT2D eigenvalue weighted by molar-refractivity contribution is -0.192. The number of hydrogen-bond acceptors (Lipinski definition) is 6. The van der Waals surface area contributed by atoms with Gasteiger partial charge in [0.25, 0.3) is 5.91 Å². The number of anilines is 2. The second-order valence-electron chi connectivity index (χ2n) is 7.63. The van der Waals surface area contributed by atoms with Crippen molar-refractivity contribution in [2.75, 3.05) is 23.3 Å². The summed E-state index contributed by atoms with van der Waals surface area (Å²) in [6, 6.07) is 8.78. The second-order valence-corrected chi connectivity index (χ2v) is 8.78. The third kappa shape index (κ3) is 5.07. The van der Waals surface area contributed by atoms with Crippen molar-refractivity contribution in [1.29, 1.82) is 0 Å². The molecule has 3 fully saturated rings. The molecule has 176 valence electrons. The summed E-state index contributed by atoms with van der Waals surface area (Å²) < 4.78 is 33.5. The minimum Gasteiger partial charge on any atom is -0.475 e. The lowest BCUT2D eigenvalue weighted by atomic mass is 9.93. The predicted molar refractivity (Wildman–Crippen MR) is 118 cm³/mol. The Labute approximate surface area is 194 Å². The Balaban J connectivity index is 0.000000325.